The van der Waals surface area contributed by atoms with Gasteiger partial charge in [0.2, 0.25) is 5.91 Å². The molecule has 9 nitrogen and oxygen atoms in total. The predicted molar refractivity (Wildman–Crippen MR) is 137 cm³/mol. The van der Waals surface area contributed by atoms with Crippen LogP contribution in [0.4, 0.5) is 11.4 Å². The van der Waals surface area contributed by atoms with Gasteiger partial charge in [-0.1, -0.05) is 36.4 Å². The summed E-state index contributed by atoms with van der Waals surface area (Å²) in [7, 11) is -4.51. The average molecular weight is 517 g/mol. The highest BCUT2D eigenvalue weighted by molar-refractivity contribution is 7.92. The van der Waals surface area contributed by atoms with Crippen molar-refractivity contribution < 1.29 is 21.6 Å². The van der Waals surface area contributed by atoms with Crippen LogP contribution in [0.25, 0.3) is 10.8 Å². The molecule has 0 bridgehead atoms. The molecule has 2 N–H and O–H groups in total. The summed E-state index contributed by atoms with van der Waals surface area (Å²) in [6, 6.07) is 18.8. The number of hydrogen-bond acceptors (Lipinski definition) is 5. The molecule has 1 atom stereocenters. The van der Waals surface area contributed by atoms with Crippen LogP contribution in [-0.2, 0) is 25.0 Å². The van der Waals surface area contributed by atoms with Crippen LogP contribution in [0.1, 0.15) is 12.8 Å². The molecule has 3 aromatic carbocycles. The van der Waals surface area contributed by atoms with E-state index in [1.54, 1.807) is 12.1 Å². The number of benzene rings is 3. The molecule has 0 spiro atoms. The number of nitrogens with zero attached hydrogens (tertiary/aromatic N) is 2. The van der Waals surface area contributed by atoms with Crippen molar-refractivity contribution >= 4 is 48.3 Å². The number of fused-ring (bicyclic) bond motifs is 1. The molecule has 1 amide bonds. The van der Waals surface area contributed by atoms with E-state index in [1.165, 1.54) is 42.7 Å². The summed E-state index contributed by atoms with van der Waals surface area (Å²) in [6.07, 6.45) is 1.16. The molecule has 1 fully saturated rings. The van der Waals surface area contributed by atoms with E-state index in [-0.39, 0.29) is 17.3 Å². The van der Waals surface area contributed by atoms with E-state index in [4.69, 9.17) is 0 Å². The summed E-state index contributed by atoms with van der Waals surface area (Å²) in [5.74, 6) is -0.789. The molecule has 1 saturated heterocycles. The van der Waals surface area contributed by atoms with Crippen LogP contribution in [-0.4, -0.2) is 58.5 Å². The van der Waals surface area contributed by atoms with E-state index in [2.05, 4.69) is 10.0 Å². The van der Waals surface area contributed by atoms with Crippen LogP contribution in [0.2, 0.25) is 0 Å². The second-order valence-electron chi connectivity index (χ2n) is 8.63. The molecule has 186 valence electrons. The number of rotatable bonds is 7. The molecule has 11 heteroatoms. The highest BCUT2D eigenvalue weighted by Crippen LogP contribution is 2.26. The number of carbonyl (C=O) groups excluding carboxylic acids is 1. The molecule has 0 unspecified atom stereocenters. The molecule has 0 aromatic heterocycles. The third-order valence-electron chi connectivity index (χ3n) is 6.01. The van der Waals surface area contributed by atoms with Crippen LogP contribution in [0.15, 0.2) is 71.6 Å². The Morgan fingerprint density at radius 2 is 1.63 bits per heavy atom. The first-order valence-corrected chi connectivity index (χ1v) is 14.0. The first-order chi connectivity index (χ1) is 16.6. The third kappa shape index (κ3) is 5.48. The SMILES string of the molecule is CN(C)S(=O)(=O)N1CCC[C@H](C(=O)Nc2ccc(S(=O)(=O)Nc3cccc4ccccc34)cc2)C1. The van der Waals surface area contributed by atoms with Gasteiger partial charge in [-0.2, -0.15) is 17.0 Å². The summed E-state index contributed by atoms with van der Waals surface area (Å²) in [5, 5.41) is 4.49. The van der Waals surface area contributed by atoms with E-state index in [1.807, 2.05) is 30.3 Å². The summed E-state index contributed by atoms with van der Waals surface area (Å²) in [4.78, 5) is 12.8. The molecule has 35 heavy (non-hydrogen) atoms. The van der Waals surface area contributed by atoms with Gasteiger partial charge in [0.15, 0.2) is 0 Å². The highest BCUT2D eigenvalue weighted by atomic mass is 32.2. The van der Waals surface area contributed by atoms with Gasteiger partial charge in [-0.05, 0) is 48.6 Å². The van der Waals surface area contributed by atoms with Gasteiger partial charge in [0, 0.05) is 38.3 Å². The van der Waals surface area contributed by atoms with Crippen molar-refractivity contribution in [2.45, 2.75) is 17.7 Å². The summed E-state index contributed by atoms with van der Waals surface area (Å²) < 4.78 is 55.8. The Hall–Kier alpha value is -2.99. The predicted octanol–water partition coefficient (Wildman–Crippen LogP) is 3.10. The lowest BCUT2D eigenvalue weighted by atomic mass is 9.99. The molecule has 4 rings (SSSR count). The Balaban J connectivity index is 1.44. The van der Waals surface area contributed by atoms with Crippen molar-refractivity contribution in [3.8, 4) is 0 Å². The lowest BCUT2D eigenvalue weighted by Crippen LogP contribution is -2.47. The van der Waals surface area contributed by atoms with Gasteiger partial charge in [0.25, 0.3) is 20.2 Å². The van der Waals surface area contributed by atoms with E-state index < -0.39 is 26.2 Å². The standard InChI is InChI=1S/C24H28N4O5S2/c1-27(2)35(32,33)28-16-6-9-19(17-28)24(29)25-20-12-14-21(15-13-20)34(30,31)26-23-11-5-8-18-7-3-4-10-22(18)23/h3-5,7-8,10-15,19,26H,6,9,16-17H2,1-2H3,(H,25,29)/t19-/m0/s1. The Morgan fingerprint density at radius 3 is 2.34 bits per heavy atom. The lowest BCUT2D eigenvalue weighted by molar-refractivity contribution is -0.120. The molecule has 0 saturated carbocycles. The summed E-state index contributed by atoms with van der Waals surface area (Å²) in [5.41, 5.74) is 0.918. The van der Waals surface area contributed by atoms with Crippen molar-refractivity contribution in [3.63, 3.8) is 0 Å². The second kappa shape index (κ2) is 9.94. The fraction of sp³-hybridized carbons (Fsp3) is 0.292. The lowest BCUT2D eigenvalue weighted by Gasteiger charge is -2.32. The van der Waals surface area contributed by atoms with Crippen molar-refractivity contribution in [1.82, 2.24) is 8.61 Å². The maximum atomic E-state index is 12.9. The fourth-order valence-corrected chi connectivity index (χ4v) is 6.35. The van der Waals surface area contributed by atoms with Crippen LogP contribution < -0.4 is 10.0 Å². The Morgan fingerprint density at radius 1 is 0.943 bits per heavy atom. The van der Waals surface area contributed by atoms with Crippen LogP contribution >= 0.6 is 0 Å². The van der Waals surface area contributed by atoms with Gasteiger partial charge in [-0.25, -0.2) is 8.42 Å². The largest absolute Gasteiger partial charge is 0.326 e. The Bertz CT molecular complexity index is 1430. The van der Waals surface area contributed by atoms with Crippen molar-refractivity contribution in [2.75, 3.05) is 37.2 Å². The van der Waals surface area contributed by atoms with Gasteiger partial charge in [0.05, 0.1) is 16.5 Å². The zero-order valence-electron chi connectivity index (χ0n) is 19.5. The van der Waals surface area contributed by atoms with Gasteiger partial charge in [-0.15, -0.1) is 0 Å². The third-order valence-corrected chi connectivity index (χ3v) is 9.30. The molecule has 0 aliphatic carbocycles. The van der Waals surface area contributed by atoms with Gasteiger partial charge in [-0.3, -0.25) is 9.52 Å². The van der Waals surface area contributed by atoms with Crippen LogP contribution in [0, 0.1) is 5.92 Å². The van der Waals surface area contributed by atoms with Crippen LogP contribution in [0.5, 0.6) is 0 Å². The van der Waals surface area contributed by atoms with Gasteiger partial charge < -0.3 is 5.32 Å². The first kappa shape index (κ1) is 25.1. The summed E-state index contributed by atoms with van der Waals surface area (Å²) >= 11 is 0. The molecule has 3 aromatic rings. The molecule has 1 aliphatic rings. The molecular weight excluding hydrogens is 488 g/mol. The number of sulfonamides is 1. The van der Waals surface area contributed by atoms with Crippen molar-refractivity contribution in [3.05, 3.63) is 66.7 Å². The summed E-state index contributed by atoms with van der Waals surface area (Å²) in [6.45, 7) is 0.480. The normalized spacial score (nSPS) is 17.4. The zero-order chi connectivity index (χ0) is 25.2. The number of amides is 1. The van der Waals surface area contributed by atoms with E-state index >= 15 is 0 Å². The number of nitrogens with one attached hydrogen (secondary N) is 2. The Kier molecular flexibility index (Phi) is 7.13. The number of anilines is 2. The van der Waals surface area contributed by atoms with Gasteiger partial charge in [0.1, 0.15) is 0 Å². The molecule has 1 heterocycles. The van der Waals surface area contributed by atoms with Crippen molar-refractivity contribution in [1.29, 1.82) is 0 Å². The first-order valence-electron chi connectivity index (χ1n) is 11.2. The average Bonchev–Trinajstić information content (AvgIpc) is 2.84. The monoisotopic (exact) mass is 516 g/mol. The number of hydrogen-bond donors (Lipinski definition) is 2. The van der Waals surface area contributed by atoms with Crippen LogP contribution in [0.3, 0.4) is 0 Å². The maximum Gasteiger partial charge on any atom is 0.281 e. The minimum Gasteiger partial charge on any atom is -0.326 e. The van der Waals surface area contributed by atoms with Crippen molar-refractivity contribution in [2.24, 2.45) is 5.92 Å². The quantitative estimate of drug-likeness (QED) is 0.501. The Labute approximate surface area is 206 Å². The smallest absolute Gasteiger partial charge is 0.281 e. The number of piperidine rings is 1. The minimum atomic E-state index is -3.84. The van der Waals surface area contributed by atoms with E-state index in [9.17, 15) is 21.6 Å². The molecule has 1 aliphatic heterocycles. The molecule has 0 radical (unpaired) electrons. The highest BCUT2D eigenvalue weighted by Gasteiger charge is 2.33. The molecular formula is C24H28N4O5S2. The maximum absolute atomic E-state index is 12.9. The topological polar surface area (TPSA) is 116 Å². The zero-order valence-corrected chi connectivity index (χ0v) is 21.1. The second-order valence-corrected chi connectivity index (χ2v) is 12.5. The number of carbonyl (C=O) groups is 1. The van der Waals surface area contributed by atoms with E-state index in [0.29, 0.717) is 30.8 Å². The minimum absolute atomic E-state index is 0.0596. The van der Waals surface area contributed by atoms with E-state index in [0.717, 1.165) is 15.1 Å². The van der Waals surface area contributed by atoms with Gasteiger partial charge >= 0.3 is 0 Å². The fourth-order valence-electron chi connectivity index (χ4n) is 4.08.